The molecule has 0 spiro atoms. The summed E-state index contributed by atoms with van der Waals surface area (Å²) in [5.74, 6) is 0.435. The van der Waals surface area contributed by atoms with Gasteiger partial charge in [-0.2, -0.15) is 5.26 Å². The number of rotatable bonds is 2. The number of nitrogens with zero attached hydrogens (tertiary/aromatic N) is 2. The van der Waals surface area contributed by atoms with E-state index in [1.54, 1.807) is 31.5 Å². The minimum absolute atomic E-state index is 0.435. The van der Waals surface area contributed by atoms with Gasteiger partial charge in [0, 0.05) is 6.20 Å². The van der Waals surface area contributed by atoms with Gasteiger partial charge in [-0.05, 0) is 19.1 Å². The van der Waals surface area contributed by atoms with Gasteiger partial charge in [-0.25, -0.2) is 4.98 Å². The summed E-state index contributed by atoms with van der Waals surface area (Å²) >= 11 is 0. The van der Waals surface area contributed by atoms with Gasteiger partial charge in [0.05, 0.1) is 11.6 Å². The number of furan rings is 1. The molecule has 2 rings (SSSR count). The minimum Gasteiger partial charge on any atom is -0.464 e. The van der Waals surface area contributed by atoms with Crippen molar-refractivity contribution >= 4 is 11.0 Å². The van der Waals surface area contributed by atoms with Crippen LogP contribution in [0.5, 0.6) is 5.88 Å². The highest BCUT2D eigenvalue weighted by Crippen LogP contribution is 2.24. The molecule has 1 atom stereocenters. The first-order valence-corrected chi connectivity index (χ1v) is 4.20. The van der Waals surface area contributed by atoms with Gasteiger partial charge in [0.1, 0.15) is 11.7 Å². The van der Waals surface area contributed by atoms with Crippen LogP contribution in [0, 0.1) is 11.3 Å². The van der Waals surface area contributed by atoms with Crippen molar-refractivity contribution in [1.82, 2.24) is 4.98 Å². The molecule has 0 aromatic carbocycles. The summed E-state index contributed by atoms with van der Waals surface area (Å²) in [6.45, 7) is 1.67. The third kappa shape index (κ3) is 1.40. The molecule has 0 amide bonds. The van der Waals surface area contributed by atoms with Crippen LogP contribution in [0.4, 0.5) is 0 Å². The molecule has 0 saturated carbocycles. The van der Waals surface area contributed by atoms with Gasteiger partial charge in [-0.1, -0.05) is 0 Å². The second-order valence-electron chi connectivity index (χ2n) is 2.84. The Balaban J connectivity index is 2.42. The number of hydrogen-bond acceptors (Lipinski definition) is 4. The molecule has 0 N–H and O–H groups in total. The van der Waals surface area contributed by atoms with E-state index < -0.39 is 6.10 Å². The average Bonchev–Trinajstić information content (AvgIpc) is 2.66. The van der Waals surface area contributed by atoms with Gasteiger partial charge >= 0.3 is 0 Å². The van der Waals surface area contributed by atoms with Gasteiger partial charge in [0.25, 0.3) is 0 Å². The van der Waals surface area contributed by atoms with Crippen molar-refractivity contribution in [3.8, 4) is 11.9 Å². The Morgan fingerprint density at radius 3 is 3.21 bits per heavy atom. The molecule has 0 aliphatic carbocycles. The first-order valence-electron chi connectivity index (χ1n) is 4.20. The molecule has 2 aromatic rings. The molecule has 14 heavy (non-hydrogen) atoms. The molecule has 70 valence electrons. The minimum atomic E-state index is -0.511. The molecule has 0 bridgehead atoms. The van der Waals surface area contributed by atoms with Crippen LogP contribution in [-0.2, 0) is 0 Å². The quantitative estimate of drug-likeness (QED) is 0.724. The van der Waals surface area contributed by atoms with Gasteiger partial charge in [-0.3, -0.25) is 0 Å². The SMILES string of the molecule is CC(C#N)Oc1nccc2occc12. The third-order valence-electron chi connectivity index (χ3n) is 1.81. The summed E-state index contributed by atoms with van der Waals surface area (Å²) in [4.78, 5) is 4.03. The second kappa shape index (κ2) is 3.38. The summed E-state index contributed by atoms with van der Waals surface area (Å²) in [5.41, 5.74) is 0.708. The highest BCUT2D eigenvalue weighted by molar-refractivity contribution is 5.81. The lowest BCUT2D eigenvalue weighted by Crippen LogP contribution is -2.09. The van der Waals surface area contributed by atoms with E-state index in [0.717, 1.165) is 5.39 Å². The Labute approximate surface area is 80.7 Å². The fraction of sp³-hybridized carbons (Fsp3) is 0.200. The summed E-state index contributed by atoms with van der Waals surface area (Å²) in [6.07, 6.45) is 2.64. The van der Waals surface area contributed by atoms with Crippen molar-refractivity contribution in [2.75, 3.05) is 0 Å². The molecule has 4 nitrogen and oxygen atoms in total. The second-order valence-corrected chi connectivity index (χ2v) is 2.84. The summed E-state index contributed by atoms with van der Waals surface area (Å²) in [5, 5.41) is 9.38. The van der Waals surface area contributed by atoms with E-state index in [0.29, 0.717) is 11.5 Å². The number of fused-ring (bicyclic) bond motifs is 1. The molecular weight excluding hydrogens is 180 g/mol. The topological polar surface area (TPSA) is 59.0 Å². The first-order chi connectivity index (χ1) is 6.81. The standard InChI is InChI=1S/C10H8N2O2/c1-7(6-11)14-10-8-3-5-13-9(8)2-4-12-10/h2-5,7H,1H3. The van der Waals surface area contributed by atoms with Crippen LogP contribution in [0.15, 0.2) is 29.0 Å². The van der Waals surface area contributed by atoms with E-state index in [1.807, 2.05) is 6.07 Å². The Kier molecular flexibility index (Phi) is 2.07. The highest BCUT2D eigenvalue weighted by atomic mass is 16.5. The van der Waals surface area contributed by atoms with Crippen LogP contribution in [0.3, 0.4) is 0 Å². The molecule has 4 heteroatoms. The van der Waals surface area contributed by atoms with E-state index in [9.17, 15) is 0 Å². The zero-order valence-corrected chi connectivity index (χ0v) is 7.60. The van der Waals surface area contributed by atoms with Crippen molar-refractivity contribution in [3.05, 3.63) is 24.6 Å². The number of aromatic nitrogens is 1. The van der Waals surface area contributed by atoms with E-state index in [2.05, 4.69) is 4.98 Å². The van der Waals surface area contributed by atoms with E-state index in [4.69, 9.17) is 14.4 Å². The highest BCUT2D eigenvalue weighted by Gasteiger charge is 2.08. The maximum atomic E-state index is 8.59. The Hall–Kier alpha value is -2.02. The first kappa shape index (κ1) is 8.57. The maximum Gasteiger partial charge on any atom is 0.225 e. The predicted molar refractivity (Wildman–Crippen MR) is 49.7 cm³/mol. The van der Waals surface area contributed by atoms with Crippen molar-refractivity contribution in [3.63, 3.8) is 0 Å². The van der Waals surface area contributed by atoms with Gasteiger partial charge < -0.3 is 9.15 Å². The van der Waals surface area contributed by atoms with Crippen molar-refractivity contribution < 1.29 is 9.15 Å². The van der Waals surface area contributed by atoms with Crippen LogP contribution in [0.2, 0.25) is 0 Å². The number of ether oxygens (including phenoxy) is 1. The van der Waals surface area contributed by atoms with Crippen LogP contribution in [-0.4, -0.2) is 11.1 Å². The molecule has 0 aliphatic rings. The summed E-state index contributed by atoms with van der Waals surface area (Å²) < 4.78 is 10.5. The van der Waals surface area contributed by atoms with Gasteiger partial charge in [0.2, 0.25) is 5.88 Å². The lowest BCUT2D eigenvalue weighted by atomic mass is 10.3. The molecule has 0 fully saturated rings. The van der Waals surface area contributed by atoms with Gasteiger partial charge in [-0.15, -0.1) is 0 Å². The van der Waals surface area contributed by atoms with Gasteiger partial charge in [0.15, 0.2) is 6.10 Å². The number of hydrogen-bond donors (Lipinski definition) is 0. The van der Waals surface area contributed by atoms with E-state index in [1.165, 1.54) is 0 Å². The van der Waals surface area contributed by atoms with E-state index in [-0.39, 0.29) is 0 Å². The number of nitriles is 1. The Bertz CT molecular complexity index is 484. The molecule has 1 unspecified atom stereocenters. The summed E-state index contributed by atoms with van der Waals surface area (Å²) in [6, 6.07) is 5.49. The smallest absolute Gasteiger partial charge is 0.225 e. The zero-order valence-electron chi connectivity index (χ0n) is 7.60. The van der Waals surface area contributed by atoms with E-state index >= 15 is 0 Å². The molecular formula is C10H8N2O2. The van der Waals surface area contributed by atoms with Crippen molar-refractivity contribution in [1.29, 1.82) is 5.26 Å². The third-order valence-corrected chi connectivity index (χ3v) is 1.81. The number of pyridine rings is 1. The molecule has 0 aliphatic heterocycles. The molecule has 2 heterocycles. The monoisotopic (exact) mass is 188 g/mol. The Morgan fingerprint density at radius 1 is 1.57 bits per heavy atom. The fourth-order valence-corrected chi connectivity index (χ4v) is 1.16. The van der Waals surface area contributed by atoms with Crippen molar-refractivity contribution in [2.45, 2.75) is 13.0 Å². The van der Waals surface area contributed by atoms with Crippen LogP contribution >= 0.6 is 0 Å². The zero-order chi connectivity index (χ0) is 9.97. The predicted octanol–water partition coefficient (Wildman–Crippen LogP) is 2.12. The fourth-order valence-electron chi connectivity index (χ4n) is 1.16. The lowest BCUT2D eigenvalue weighted by Gasteiger charge is -2.06. The molecule has 0 radical (unpaired) electrons. The normalized spacial score (nSPS) is 12.3. The molecule has 2 aromatic heterocycles. The van der Waals surface area contributed by atoms with Crippen molar-refractivity contribution in [2.24, 2.45) is 0 Å². The Morgan fingerprint density at radius 2 is 2.43 bits per heavy atom. The molecule has 0 saturated heterocycles. The van der Waals surface area contributed by atoms with Crippen LogP contribution in [0.25, 0.3) is 11.0 Å². The van der Waals surface area contributed by atoms with Crippen LogP contribution in [0.1, 0.15) is 6.92 Å². The largest absolute Gasteiger partial charge is 0.464 e. The average molecular weight is 188 g/mol. The van der Waals surface area contributed by atoms with Crippen LogP contribution < -0.4 is 4.74 Å². The maximum absolute atomic E-state index is 8.59. The lowest BCUT2D eigenvalue weighted by molar-refractivity contribution is 0.269. The summed E-state index contributed by atoms with van der Waals surface area (Å²) in [7, 11) is 0.